The number of ether oxygens (including phenoxy) is 7. The first-order valence-electron chi connectivity index (χ1n) is 14.5. The van der Waals surface area contributed by atoms with E-state index in [1.54, 1.807) is 0 Å². The summed E-state index contributed by atoms with van der Waals surface area (Å²) in [5, 5.41) is 14.6. The van der Waals surface area contributed by atoms with E-state index in [9.17, 15) is 29.2 Å². The third-order valence-electron chi connectivity index (χ3n) is 11.2. The van der Waals surface area contributed by atoms with Crippen molar-refractivity contribution in [3.63, 3.8) is 0 Å². The number of fused-ring (bicyclic) bond motifs is 2. The molecule has 5 saturated carbocycles. The summed E-state index contributed by atoms with van der Waals surface area (Å²) in [4.78, 5) is 64.4. The van der Waals surface area contributed by atoms with E-state index < -0.39 is 100.0 Å². The maximum absolute atomic E-state index is 14.0. The van der Waals surface area contributed by atoms with Gasteiger partial charge in [0.05, 0.1) is 18.2 Å². The Morgan fingerprint density at radius 1 is 0.930 bits per heavy atom. The van der Waals surface area contributed by atoms with E-state index in [0.29, 0.717) is 6.42 Å². The van der Waals surface area contributed by atoms with Crippen molar-refractivity contribution in [2.45, 2.75) is 89.0 Å². The molecular formula is C29H37NO13. The second-order valence-electron chi connectivity index (χ2n) is 12.9. The molecule has 0 aromatic rings. The highest BCUT2D eigenvalue weighted by Gasteiger charge is 2.90. The molecule has 6 aliphatic rings. The molecule has 14 nitrogen and oxygen atoms in total. The topological polar surface area (TPSA) is 183 Å². The zero-order valence-corrected chi connectivity index (χ0v) is 24.9. The Morgan fingerprint density at radius 3 is 2.14 bits per heavy atom. The number of carbonyl (C=O) groups is 5. The Hall–Kier alpha value is -3.26. The van der Waals surface area contributed by atoms with E-state index in [1.165, 1.54) is 41.9 Å². The number of nitrogens with zero attached hydrogens (tertiary/aromatic N) is 1. The van der Waals surface area contributed by atoms with Gasteiger partial charge in [0, 0.05) is 65.6 Å². The molecule has 1 saturated heterocycles. The van der Waals surface area contributed by atoms with Crippen molar-refractivity contribution >= 4 is 35.6 Å². The van der Waals surface area contributed by atoms with Crippen molar-refractivity contribution in [1.82, 2.24) is 0 Å². The normalized spacial score (nSPS) is 47.4. The number of hydrogen-bond acceptors (Lipinski definition) is 14. The highest BCUT2D eigenvalue weighted by atomic mass is 16.6. The Kier molecular flexibility index (Phi) is 6.66. The van der Waals surface area contributed by atoms with E-state index >= 15 is 0 Å². The summed E-state index contributed by atoms with van der Waals surface area (Å²) in [7, 11) is 2.86. The third kappa shape index (κ3) is 3.47. The fourth-order valence-corrected chi connectivity index (χ4v) is 10.7. The van der Waals surface area contributed by atoms with Gasteiger partial charge in [0.1, 0.15) is 29.3 Å². The number of rotatable bonds is 7. The fraction of sp³-hybridized carbons (Fsp3) is 0.793. The van der Waals surface area contributed by atoms with Gasteiger partial charge in [-0.1, -0.05) is 5.16 Å². The maximum atomic E-state index is 14.0. The molecule has 236 valence electrons. The summed E-state index contributed by atoms with van der Waals surface area (Å²) < 4.78 is 41.8. The molecule has 1 N–H and O–H groups in total. The number of carbonyl (C=O) groups excluding carboxylic acids is 5. The fourth-order valence-electron chi connectivity index (χ4n) is 10.7. The molecule has 1 heterocycles. The summed E-state index contributed by atoms with van der Waals surface area (Å²) in [5.41, 5.74) is -5.30. The lowest BCUT2D eigenvalue weighted by Gasteiger charge is -2.59. The van der Waals surface area contributed by atoms with Crippen LogP contribution in [0.25, 0.3) is 0 Å². The van der Waals surface area contributed by atoms with Crippen LogP contribution in [0.2, 0.25) is 0 Å². The highest BCUT2D eigenvalue weighted by molar-refractivity contribution is 6.01. The number of methoxy groups -OCH3 is 2. The molecule has 0 aromatic carbocycles. The first-order valence-corrected chi connectivity index (χ1v) is 14.5. The molecule has 14 heteroatoms. The van der Waals surface area contributed by atoms with E-state index in [-0.39, 0.29) is 31.6 Å². The second kappa shape index (κ2) is 9.62. The average molecular weight is 608 g/mol. The zero-order chi connectivity index (χ0) is 31.3. The molecule has 0 spiro atoms. The van der Waals surface area contributed by atoms with Crippen LogP contribution in [0.4, 0.5) is 0 Å². The van der Waals surface area contributed by atoms with Crippen molar-refractivity contribution in [3.8, 4) is 0 Å². The predicted molar refractivity (Wildman–Crippen MR) is 139 cm³/mol. The number of oxime groups is 1. The van der Waals surface area contributed by atoms with Crippen molar-refractivity contribution in [3.05, 3.63) is 0 Å². The summed E-state index contributed by atoms with van der Waals surface area (Å²) in [6.45, 7) is 4.84. The van der Waals surface area contributed by atoms with Gasteiger partial charge in [0.15, 0.2) is 11.7 Å². The minimum absolute atomic E-state index is 0.0273. The Bertz CT molecular complexity index is 1310. The molecular weight excluding hydrogens is 570 g/mol. The van der Waals surface area contributed by atoms with Crippen molar-refractivity contribution in [1.29, 1.82) is 0 Å². The SMILES string of the molecule is COC[C@@]12C(=O)O[C@H]3[C@H]4/C(=N\O)[C@](CC[C@H]1OC(C)=O)([C@@H]1C[C@]5(OC(C)=O)[C@@H](OC)C[C@@]4(OC(C)=O)[C@H]1[C@H]5OC(C)=O)[C@H]32. The quantitative estimate of drug-likeness (QED) is 0.187. The van der Waals surface area contributed by atoms with Crippen LogP contribution >= 0.6 is 0 Å². The highest BCUT2D eigenvalue weighted by Crippen LogP contribution is 2.79. The summed E-state index contributed by atoms with van der Waals surface area (Å²) >= 11 is 0. The van der Waals surface area contributed by atoms with Crippen LogP contribution in [0.1, 0.15) is 53.4 Å². The Labute approximate surface area is 247 Å². The van der Waals surface area contributed by atoms with Crippen molar-refractivity contribution in [2.75, 3.05) is 20.8 Å². The molecule has 6 fully saturated rings. The molecule has 4 bridgehead atoms. The molecule has 6 rings (SSSR count). The van der Waals surface area contributed by atoms with Crippen LogP contribution in [0.5, 0.6) is 0 Å². The molecule has 5 aliphatic carbocycles. The van der Waals surface area contributed by atoms with Crippen LogP contribution < -0.4 is 0 Å². The van der Waals surface area contributed by atoms with Gasteiger partial charge in [-0.25, -0.2) is 0 Å². The lowest BCUT2D eigenvalue weighted by Crippen LogP contribution is -2.71. The van der Waals surface area contributed by atoms with E-state index in [0.717, 1.165) is 0 Å². The largest absolute Gasteiger partial charge is 0.461 e. The van der Waals surface area contributed by atoms with Crippen molar-refractivity contribution in [2.24, 2.45) is 39.7 Å². The second-order valence-corrected chi connectivity index (χ2v) is 12.9. The van der Waals surface area contributed by atoms with Gasteiger partial charge < -0.3 is 38.4 Å². The van der Waals surface area contributed by atoms with Gasteiger partial charge in [0.25, 0.3) is 0 Å². The molecule has 0 radical (unpaired) electrons. The summed E-state index contributed by atoms with van der Waals surface area (Å²) in [6.07, 6.45) is -3.33. The molecule has 1 aliphatic heterocycles. The third-order valence-corrected chi connectivity index (χ3v) is 11.2. The van der Waals surface area contributed by atoms with Gasteiger partial charge in [-0.05, 0) is 25.2 Å². The molecule has 0 unspecified atom stereocenters. The standard InChI is InChI=1S/C29H37NO13/c1-12(31)39-17-7-8-26-16-9-28(42-14(3)33)18(38-6)10-29(43-15(4)34,19(16)24(28)40-13(2)32)20(23(26)30-36)21-22(26)27(17,11-37-5)25(35)41-21/h16-22,24,36H,7-11H2,1-6H3/b30-23+/t16-,17-,18+,19-,20+,21+,22+,24-,26-,27-,28+,29-/m1/s1. The van der Waals surface area contributed by atoms with Crippen LogP contribution in [0.15, 0.2) is 5.16 Å². The lowest BCUT2D eigenvalue weighted by atomic mass is 9.47. The van der Waals surface area contributed by atoms with Crippen LogP contribution in [-0.2, 0) is 57.1 Å². The zero-order valence-electron chi connectivity index (χ0n) is 24.9. The number of hydrogen-bond donors (Lipinski definition) is 1. The van der Waals surface area contributed by atoms with Crippen LogP contribution in [0.3, 0.4) is 0 Å². The minimum atomic E-state index is -1.55. The monoisotopic (exact) mass is 607 g/mol. The van der Waals surface area contributed by atoms with Gasteiger partial charge in [-0.3, -0.25) is 24.0 Å². The first-order chi connectivity index (χ1) is 20.3. The van der Waals surface area contributed by atoms with Gasteiger partial charge in [-0.15, -0.1) is 0 Å². The summed E-state index contributed by atoms with van der Waals surface area (Å²) in [5.74, 6) is -6.20. The van der Waals surface area contributed by atoms with E-state index in [1.807, 2.05) is 0 Å². The first kappa shape index (κ1) is 29.8. The van der Waals surface area contributed by atoms with Gasteiger partial charge in [-0.2, -0.15) is 0 Å². The molecule has 43 heavy (non-hydrogen) atoms. The van der Waals surface area contributed by atoms with E-state index in [2.05, 4.69) is 5.16 Å². The van der Waals surface area contributed by atoms with Crippen LogP contribution in [0, 0.1) is 34.5 Å². The average Bonchev–Trinajstić information content (AvgIpc) is 3.45. The van der Waals surface area contributed by atoms with Crippen LogP contribution in [-0.4, -0.2) is 97.2 Å². The smallest absolute Gasteiger partial charge is 0.319 e. The minimum Gasteiger partial charge on any atom is -0.461 e. The predicted octanol–water partition coefficient (Wildman–Crippen LogP) is 0.937. The molecule has 0 amide bonds. The summed E-state index contributed by atoms with van der Waals surface area (Å²) in [6, 6.07) is 0. The Morgan fingerprint density at radius 2 is 1.58 bits per heavy atom. The van der Waals surface area contributed by atoms with Gasteiger partial charge >= 0.3 is 29.8 Å². The molecule has 12 atom stereocenters. The Balaban J connectivity index is 1.66. The van der Waals surface area contributed by atoms with Gasteiger partial charge in [0.2, 0.25) is 0 Å². The number of esters is 5. The maximum Gasteiger partial charge on any atom is 0.319 e. The van der Waals surface area contributed by atoms with Crippen molar-refractivity contribution < 1.29 is 62.3 Å². The molecule has 0 aromatic heterocycles. The van der Waals surface area contributed by atoms with E-state index in [4.69, 9.17) is 33.2 Å². The lowest BCUT2D eigenvalue weighted by molar-refractivity contribution is -0.258.